The molecule has 0 bridgehead atoms. The molecule has 0 radical (unpaired) electrons. The second kappa shape index (κ2) is 3.13. The Bertz CT molecular complexity index is 296. The molecule has 76 valence electrons. The van der Waals surface area contributed by atoms with Gasteiger partial charge in [-0.3, -0.25) is 0 Å². The Morgan fingerprint density at radius 2 is 2.29 bits per heavy atom. The van der Waals surface area contributed by atoms with E-state index in [1.54, 1.807) is 6.26 Å². The molecule has 0 atom stereocenters. The predicted molar refractivity (Wildman–Crippen MR) is 54.8 cm³/mol. The molecule has 1 heterocycles. The fourth-order valence-electron chi connectivity index (χ4n) is 2.43. The average Bonchev–Trinajstić information content (AvgIpc) is 3.07. The monoisotopic (exact) mass is 191 g/mol. The van der Waals surface area contributed by atoms with Crippen LogP contribution in [0.25, 0.3) is 0 Å². The summed E-state index contributed by atoms with van der Waals surface area (Å²) in [6.07, 6.45) is 7.58. The maximum atomic E-state index is 5.28. The van der Waals surface area contributed by atoms with E-state index in [4.69, 9.17) is 4.42 Å². The topological polar surface area (TPSA) is 25.2 Å². The first-order valence-corrected chi connectivity index (χ1v) is 5.62. The SMILES string of the molecule is c1coc(CNCC2(C3CC3)CC2)c1. The van der Waals surface area contributed by atoms with E-state index in [2.05, 4.69) is 5.32 Å². The van der Waals surface area contributed by atoms with Gasteiger partial charge in [-0.2, -0.15) is 0 Å². The van der Waals surface area contributed by atoms with Crippen LogP contribution in [0.4, 0.5) is 0 Å². The molecule has 2 saturated carbocycles. The Labute approximate surface area is 84.7 Å². The summed E-state index contributed by atoms with van der Waals surface area (Å²) in [5.41, 5.74) is 0.701. The molecular weight excluding hydrogens is 174 g/mol. The molecule has 3 rings (SSSR count). The first kappa shape index (κ1) is 8.54. The van der Waals surface area contributed by atoms with E-state index in [0.29, 0.717) is 5.41 Å². The number of hydrogen-bond donors (Lipinski definition) is 1. The molecule has 1 aromatic rings. The van der Waals surface area contributed by atoms with Gasteiger partial charge in [0.15, 0.2) is 0 Å². The minimum Gasteiger partial charge on any atom is -0.468 e. The van der Waals surface area contributed by atoms with Crippen LogP contribution in [-0.2, 0) is 6.54 Å². The smallest absolute Gasteiger partial charge is 0.117 e. The van der Waals surface area contributed by atoms with Crippen LogP contribution in [-0.4, -0.2) is 6.54 Å². The highest BCUT2D eigenvalue weighted by Gasteiger charge is 2.53. The summed E-state index contributed by atoms with van der Waals surface area (Å²) in [6.45, 7) is 2.08. The van der Waals surface area contributed by atoms with E-state index in [1.165, 1.54) is 32.2 Å². The van der Waals surface area contributed by atoms with Crippen molar-refractivity contribution < 1.29 is 4.42 Å². The molecule has 0 spiro atoms. The molecule has 1 aromatic heterocycles. The van der Waals surface area contributed by atoms with Crippen molar-refractivity contribution in [2.45, 2.75) is 32.2 Å². The fourth-order valence-corrected chi connectivity index (χ4v) is 2.43. The molecule has 2 fully saturated rings. The van der Waals surface area contributed by atoms with Crippen molar-refractivity contribution in [2.75, 3.05) is 6.54 Å². The third-order valence-corrected chi connectivity index (χ3v) is 3.69. The van der Waals surface area contributed by atoms with E-state index in [0.717, 1.165) is 18.2 Å². The van der Waals surface area contributed by atoms with Gasteiger partial charge in [-0.15, -0.1) is 0 Å². The van der Waals surface area contributed by atoms with Crippen molar-refractivity contribution >= 4 is 0 Å². The molecule has 2 aliphatic carbocycles. The summed E-state index contributed by atoms with van der Waals surface area (Å²) in [5.74, 6) is 2.10. The van der Waals surface area contributed by atoms with E-state index >= 15 is 0 Å². The van der Waals surface area contributed by atoms with Gasteiger partial charge in [0.2, 0.25) is 0 Å². The van der Waals surface area contributed by atoms with E-state index < -0.39 is 0 Å². The summed E-state index contributed by atoms with van der Waals surface area (Å²) < 4.78 is 5.28. The molecule has 14 heavy (non-hydrogen) atoms. The largest absolute Gasteiger partial charge is 0.468 e. The summed E-state index contributed by atoms with van der Waals surface area (Å²) in [5, 5.41) is 3.52. The molecule has 0 saturated heterocycles. The van der Waals surface area contributed by atoms with Crippen molar-refractivity contribution in [1.29, 1.82) is 0 Å². The number of rotatable bonds is 5. The van der Waals surface area contributed by atoms with Gasteiger partial charge >= 0.3 is 0 Å². The zero-order valence-corrected chi connectivity index (χ0v) is 8.46. The Hall–Kier alpha value is -0.760. The second-order valence-corrected chi connectivity index (χ2v) is 4.82. The quantitative estimate of drug-likeness (QED) is 0.773. The Morgan fingerprint density at radius 1 is 1.43 bits per heavy atom. The van der Waals surface area contributed by atoms with Crippen LogP contribution < -0.4 is 5.32 Å². The lowest BCUT2D eigenvalue weighted by molar-refractivity contribution is 0.387. The molecule has 2 aliphatic rings. The maximum Gasteiger partial charge on any atom is 0.117 e. The van der Waals surface area contributed by atoms with Gasteiger partial charge in [0.25, 0.3) is 0 Å². The standard InChI is InChI=1S/C12H17NO/c1-2-11(14-7-1)8-13-9-12(5-6-12)10-3-4-10/h1-2,7,10,13H,3-6,8-9H2. The van der Waals surface area contributed by atoms with Crippen LogP contribution in [0.2, 0.25) is 0 Å². The van der Waals surface area contributed by atoms with Crippen LogP contribution in [0.1, 0.15) is 31.4 Å². The van der Waals surface area contributed by atoms with Crippen LogP contribution in [0, 0.1) is 11.3 Å². The highest BCUT2D eigenvalue weighted by molar-refractivity contribution is 5.05. The molecule has 2 heteroatoms. The van der Waals surface area contributed by atoms with Crippen LogP contribution in [0.5, 0.6) is 0 Å². The van der Waals surface area contributed by atoms with E-state index in [1.807, 2.05) is 12.1 Å². The van der Waals surface area contributed by atoms with Gasteiger partial charge < -0.3 is 9.73 Å². The molecule has 2 nitrogen and oxygen atoms in total. The van der Waals surface area contributed by atoms with Crippen LogP contribution in [0.15, 0.2) is 22.8 Å². The summed E-state index contributed by atoms with van der Waals surface area (Å²) >= 11 is 0. The molecule has 0 unspecified atom stereocenters. The lowest BCUT2D eigenvalue weighted by Gasteiger charge is -2.13. The Morgan fingerprint density at radius 3 is 2.86 bits per heavy atom. The van der Waals surface area contributed by atoms with Gasteiger partial charge in [0.05, 0.1) is 12.8 Å². The van der Waals surface area contributed by atoms with Crippen LogP contribution >= 0.6 is 0 Å². The zero-order valence-electron chi connectivity index (χ0n) is 8.46. The van der Waals surface area contributed by atoms with Gasteiger partial charge in [-0.1, -0.05) is 0 Å². The second-order valence-electron chi connectivity index (χ2n) is 4.82. The number of furan rings is 1. The molecule has 0 aromatic carbocycles. The van der Waals surface area contributed by atoms with Crippen molar-refractivity contribution in [3.05, 3.63) is 24.2 Å². The van der Waals surface area contributed by atoms with E-state index in [-0.39, 0.29) is 0 Å². The van der Waals surface area contributed by atoms with Crippen molar-refractivity contribution in [2.24, 2.45) is 11.3 Å². The zero-order chi connectivity index (χ0) is 9.43. The first-order chi connectivity index (χ1) is 6.89. The van der Waals surface area contributed by atoms with Crippen LogP contribution in [0.3, 0.4) is 0 Å². The highest BCUT2D eigenvalue weighted by Crippen LogP contribution is 2.60. The first-order valence-electron chi connectivity index (χ1n) is 5.62. The summed E-state index contributed by atoms with van der Waals surface area (Å²) in [7, 11) is 0. The summed E-state index contributed by atoms with van der Waals surface area (Å²) in [4.78, 5) is 0. The third-order valence-electron chi connectivity index (χ3n) is 3.69. The molecule has 0 amide bonds. The average molecular weight is 191 g/mol. The minimum atomic E-state index is 0.701. The van der Waals surface area contributed by atoms with Crippen molar-refractivity contribution in [3.63, 3.8) is 0 Å². The number of nitrogens with one attached hydrogen (secondary N) is 1. The molecular formula is C12H17NO. The highest BCUT2D eigenvalue weighted by atomic mass is 16.3. The predicted octanol–water partition coefficient (Wildman–Crippen LogP) is 2.56. The molecule has 0 aliphatic heterocycles. The van der Waals surface area contributed by atoms with Crippen molar-refractivity contribution in [3.8, 4) is 0 Å². The van der Waals surface area contributed by atoms with Crippen molar-refractivity contribution in [1.82, 2.24) is 5.32 Å². The number of hydrogen-bond acceptors (Lipinski definition) is 2. The Kier molecular flexibility index (Phi) is 1.91. The normalized spacial score (nSPS) is 23.7. The lowest BCUT2D eigenvalue weighted by Crippen LogP contribution is -2.24. The summed E-state index contributed by atoms with van der Waals surface area (Å²) in [6, 6.07) is 3.98. The van der Waals surface area contributed by atoms with Gasteiger partial charge in [-0.25, -0.2) is 0 Å². The van der Waals surface area contributed by atoms with Gasteiger partial charge in [-0.05, 0) is 49.1 Å². The molecule has 1 N–H and O–H groups in total. The van der Waals surface area contributed by atoms with Gasteiger partial charge in [0.1, 0.15) is 5.76 Å². The minimum absolute atomic E-state index is 0.701. The van der Waals surface area contributed by atoms with Gasteiger partial charge in [0, 0.05) is 6.54 Å². The van der Waals surface area contributed by atoms with E-state index in [9.17, 15) is 0 Å². The fraction of sp³-hybridized carbons (Fsp3) is 0.667. The third kappa shape index (κ3) is 1.59. The maximum absolute atomic E-state index is 5.28. The lowest BCUT2D eigenvalue weighted by atomic mass is 10.0. The Balaban J connectivity index is 1.46.